The van der Waals surface area contributed by atoms with Crippen LogP contribution in [0.2, 0.25) is 0 Å². The SMILES string of the molecule is Fc1ccc(-c2nc3c([nH]2)CN(C2CCCC2)CC3)c(F)c1. The molecule has 1 fully saturated rings. The number of nitrogens with one attached hydrogen (secondary N) is 1. The van der Waals surface area contributed by atoms with E-state index in [9.17, 15) is 8.78 Å². The molecule has 1 aromatic carbocycles. The number of rotatable bonds is 2. The highest BCUT2D eigenvalue weighted by Gasteiger charge is 2.28. The first-order valence-corrected chi connectivity index (χ1v) is 7.98. The fraction of sp³-hybridized carbons (Fsp3) is 0.471. The standard InChI is InChI=1S/C17H19F2N3/c18-11-5-6-13(14(19)9-11)17-20-15-7-8-22(10-16(15)21-17)12-3-1-2-4-12/h5-6,9,12H,1-4,7-8,10H2,(H,20,21). The van der Waals surface area contributed by atoms with Crippen molar-refractivity contribution in [2.45, 2.75) is 44.7 Å². The minimum atomic E-state index is -0.571. The molecule has 1 N–H and O–H groups in total. The molecule has 1 aliphatic carbocycles. The van der Waals surface area contributed by atoms with Crippen LogP contribution in [0.5, 0.6) is 0 Å². The number of nitrogens with zero attached hydrogens (tertiary/aromatic N) is 2. The van der Waals surface area contributed by atoms with Gasteiger partial charge in [0.15, 0.2) is 0 Å². The number of benzene rings is 1. The Morgan fingerprint density at radius 1 is 1.18 bits per heavy atom. The first kappa shape index (κ1) is 13.9. The third-order valence-electron chi connectivity index (χ3n) is 4.89. The Labute approximate surface area is 128 Å². The van der Waals surface area contributed by atoms with E-state index in [0.29, 0.717) is 17.4 Å². The maximum atomic E-state index is 13.9. The summed E-state index contributed by atoms with van der Waals surface area (Å²) in [6.07, 6.45) is 6.10. The molecule has 0 unspecified atom stereocenters. The van der Waals surface area contributed by atoms with E-state index in [1.165, 1.54) is 37.8 Å². The quantitative estimate of drug-likeness (QED) is 0.918. The van der Waals surface area contributed by atoms with Crippen LogP contribution in [0.25, 0.3) is 11.4 Å². The van der Waals surface area contributed by atoms with Gasteiger partial charge in [0, 0.05) is 31.6 Å². The lowest BCUT2D eigenvalue weighted by Gasteiger charge is -2.31. The summed E-state index contributed by atoms with van der Waals surface area (Å²) in [4.78, 5) is 10.3. The summed E-state index contributed by atoms with van der Waals surface area (Å²) >= 11 is 0. The summed E-state index contributed by atoms with van der Waals surface area (Å²) in [6, 6.07) is 4.30. The van der Waals surface area contributed by atoms with Gasteiger partial charge in [0.05, 0.1) is 17.0 Å². The van der Waals surface area contributed by atoms with Crippen molar-refractivity contribution in [2.24, 2.45) is 0 Å². The Hall–Kier alpha value is -1.75. The molecule has 2 aromatic rings. The highest BCUT2D eigenvalue weighted by molar-refractivity contribution is 5.57. The monoisotopic (exact) mass is 303 g/mol. The third-order valence-corrected chi connectivity index (χ3v) is 4.89. The number of hydrogen-bond acceptors (Lipinski definition) is 2. The van der Waals surface area contributed by atoms with Crippen molar-refractivity contribution in [2.75, 3.05) is 6.54 Å². The Bertz CT molecular complexity index is 689. The van der Waals surface area contributed by atoms with Crippen LogP contribution in [0.1, 0.15) is 37.1 Å². The van der Waals surface area contributed by atoms with E-state index >= 15 is 0 Å². The van der Waals surface area contributed by atoms with Gasteiger partial charge in [-0.3, -0.25) is 4.90 Å². The van der Waals surface area contributed by atoms with E-state index in [2.05, 4.69) is 14.9 Å². The van der Waals surface area contributed by atoms with E-state index in [0.717, 1.165) is 37.0 Å². The van der Waals surface area contributed by atoms with Crippen LogP contribution in [0, 0.1) is 11.6 Å². The molecule has 116 valence electrons. The molecule has 3 nitrogen and oxygen atoms in total. The number of hydrogen-bond donors (Lipinski definition) is 1. The Balaban J connectivity index is 1.60. The van der Waals surface area contributed by atoms with Gasteiger partial charge in [-0.05, 0) is 25.0 Å². The molecule has 4 rings (SSSR count). The highest BCUT2D eigenvalue weighted by Crippen LogP contribution is 2.30. The molecule has 0 amide bonds. The van der Waals surface area contributed by atoms with Gasteiger partial charge in [0.1, 0.15) is 17.5 Å². The molecule has 2 aliphatic rings. The van der Waals surface area contributed by atoms with Crippen molar-refractivity contribution >= 4 is 0 Å². The minimum Gasteiger partial charge on any atom is -0.340 e. The largest absolute Gasteiger partial charge is 0.340 e. The number of imidazole rings is 1. The lowest BCUT2D eigenvalue weighted by atomic mass is 10.1. The molecule has 22 heavy (non-hydrogen) atoms. The zero-order chi connectivity index (χ0) is 15.1. The third kappa shape index (κ3) is 2.43. The van der Waals surface area contributed by atoms with Gasteiger partial charge in [-0.1, -0.05) is 12.8 Å². The van der Waals surface area contributed by atoms with Crippen molar-refractivity contribution in [3.63, 3.8) is 0 Å². The zero-order valence-electron chi connectivity index (χ0n) is 12.4. The van der Waals surface area contributed by atoms with Crippen LogP contribution in [-0.4, -0.2) is 27.5 Å². The van der Waals surface area contributed by atoms with Gasteiger partial charge < -0.3 is 4.98 Å². The fourth-order valence-electron chi connectivity index (χ4n) is 3.70. The predicted octanol–water partition coefficient (Wildman–Crippen LogP) is 3.66. The normalized spacial score (nSPS) is 19.5. The van der Waals surface area contributed by atoms with Crippen LogP contribution >= 0.6 is 0 Å². The molecule has 2 heterocycles. The van der Waals surface area contributed by atoms with Crippen LogP contribution in [0.15, 0.2) is 18.2 Å². The maximum absolute atomic E-state index is 13.9. The van der Waals surface area contributed by atoms with Crippen molar-refractivity contribution in [1.29, 1.82) is 0 Å². The number of H-pyrrole nitrogens is 1. The average Bonchev–Trinajstić information content (AvgIpc) is 3.15. The summed E-state index contributed by atoms with van der Waals surface area (Å²) in [5, 5.41) is 0. The molecule has 1 aromatic heterocycles. The van der Waals surface area contributed by atoms with Gasteiger partial charge in [0.25, 0.3) is 0 Å². The Morgan fingerprint density at radius 2 is 2.00 bits per heavy atom. The van der Waals surface area contributed by atoms with E-state index < -0.39 is 11.6 Å². The first-order chi connectivity index (χ1) is 10.7. The zero-order valence-corrected chi connectivity index (χ0v) is 12.4. The Kier molecular flexibility index (Phi) is 3.45. The van der Waals surface area contributed by atoms with Gasteiger partial charge in [-0.15, -0.1) is 0 Å². The van der Waals surface area contributed by atoms with Crippen LogP contribution in [-0.2, 0) is 13.0 Å². The second kappa shape index (κ2) is 5.47. The van der Waals surface area contributed by atoms with Gasteiger partial charge in [-0.2, -0.15) is 0 Å². The lowest BCUT2D eigenvalue weighted by Crippen LogP contribution is -2.37. The molecule has 1 aliphatic heterocycles. The van der Waals surface area contributed by atoms with Gasteiger partial charge in [0.2, 0.25) is 0 Å². The number of aromatic nitrogens is 2. The molecule has 5 heteroatoms. The molecule has 0 atom stereocenters. The molecule has 0 radical (unpaired) electrons. The number of fused-ring (bicyclic) bond motifs is 1. The Morgan fingerprint density at radius 3 is 2.77 bits per heavy atom. The smallest absolute Gasteiger partial charge is 0.140 e. The summed E-state index contributed by atoms with van der Waals surface area (Å²) in [7, 11) is 0. The molecule has 0 saturated heterocycles. The molecule has 1 saturated carbocycles. The summed E-state index contributed by atoms with van der Waals surface area (Å²) in [5.74, 6) is -0.625. The van der Waals surface area contributed by atoms with E-state index in [1.807, 2.05) is 0 Å². The molecular formula is C17H19F2N3. The molecular weight excluding hydrogens is 284 g/mol. The van der Waals surface area contributed by atoms with Crippen molar-refractivity contribution in [1.82, 2.24) is 14.9 Å². The van der Waals surface area contributed by atoms with E-state index in [4.69, 9.17) is 0 Å². The van der Waals surface area contributed by atoms with Crippen LogP contribution in [0.4, 0.5) is 8.78 Å². The fourth-order valence-corrected chi connectivity index (χ4v) is 3.70. The lowest BCUT2D eigenvalue weighted by molar-refractivity contribution is 0.178. The maximum Gasteiger partial charge on any atom is 0.140 e. The molecule has 0 spiro atoms. The summed E-state index contributed by atoms with van der Waals surface area (Å²) < 4.78 is 26.9. The van der Waals surface area contributed by atoms with Gasteiger partial charge >= 0.3 is 0 Å². The van der Waals surface area contributed by atoms with E-state index in [1.54, 1.807) is 0 Å². The second-order valence-corrected chi connectivity index (χ2v) is 6.29. The van der Waals surface area contributed by atoms with Crippen molar-refractivity contribution < 1.29 is 8.78 Å². The molecule has 0 bridgehead atoms. The van der Waals surface area contributed by atoms with E-state index in [-0.39, 0.29) is 0 Å². The summed E-state index contributed by atoms with van der Waals surface area (Å²) in [5.41, 5.74) is 2.44. The van der Waals surface area contributed by atoms with Gasteiger partial charge in [-0.25, -0.2) is 13.8 Å². The highest BCUT2D eigenvalue weighted by atomic mass is 19.1. The number of halogens is 2. The predicted molar refractivity (Wildman–Crippen MR) is 80.3 cm³/mol. The minimum absolute atomic E-state index is 0.336. The van der Waals surface area contributed by atoms with Crippen molar-refractivity contribution in [3.8, 4) is 11.4 Å². The first-order valence-electron chi connectivity index (χ1n) is 7.98. The average molecular weight is 303 g/mol. The second-order valence-electron chi connectivity index (χ2n) is 6.29. The number of aromatic amines is 1. The van der Waals surface area contributed by atoms with Crippen molar-refractivity contribution in [3.05, 3.63) is 41.2 Å². The topological polar surface area (TPSA) is 31.9 Å². The summed E-state index contributed by atoms with van der Waals surface area (Å²) in [6.45, 7) is 1.88. The van der Waals surface area contributed by atoms with Crippen LogP contribution in [0.3, 0.4) is 0 Å². The van der Waals surface area contributed by atoms with Crippen LogP contribution < -0.4 is 0 Å².